The molecule has 0 aromatic heterocycles. The highest BCUT2D eigenvalue weighted by molar-refractivity contribution is 5.66. The maximum atomic E-state index is 11.4. The first kappa shape index (κ1) is 22.1. The van der Waals surface area contributed by atoms with Gasteiger partial charge < -0.3 is 14.6 Å². The van der Waals surface area contributed by atoms with E-state index >= 15 is 0 Å². The van der Waals surface area contributed by atoms with Crippen LogP contribution in [0.2, 0.25) is 0 Å². The van der Waals surface area contributed by atoms with Crippen LogP contribution in [0.25, 0.3) is 0 Å². The number of hydrogen-bond acceptors (Lipinski definition) is 5. The zero-order valence-corrected chi connectivity index (χ0v) is 19.2. The SMILES string of the molecule is CC(=O)OCC(O)[C@H]1CC[C@H]2[C@@H]3CCC4C[C@@H](OC(C)=O)CC[C@]4(C)[C@H]3CC[C@]12C. The van der Waals surface area contributed by atoms with Gasteiger partial charge >= 0.3 is 11.9 Å². The second-order valence-corrected chi connectivity index (χ2v) is 11.3. The van der Waals surface area contributed by atoms with Crippen LogP contribution >= 0.6 is 0 Å². The first-order valence-electron chi connectivity index (χ1n) is 12.1. The van der Waals surface area contributed by atoms with E-state index in [9.17, 15) is 14.7 Å². The Labute approximate surface area is 181 Å². The lowest BCUT2D eigenvalue weighted by molar-refractivity contribution is -0.162. The van der Waals surface area contributed by atoms with Gasteiger partial charge in [0.2, 0.25) is 0 Å². The van der Waals surface area contributed by atoms with Gasteiger partial charge in [-0.3, -0.25) is 9.59 Å². The third kappa shape index (κ3) is 3.69. The monoisotopic (exact) mass is 420 g/mol. The highest BCUT2D eigenvalue weighted by Gasteiger charge is 2.61. The van der Waals surface area contributed by atoms with Crippen molar-refractivity contribution < 1.29 is 24.2 Å². The molecule has 4 fully saturated rings. The molecule has 5 nitrogen and oxygen atoms in total. The van der Waals surface area contributed by atoms with E-state index < -0.39 is 6.10 Å². The molecule has 4 aliphatic rings. The van der Waals surface area contributed by atoms with E-state index in [1.54, 1.807) is 0 Å². The average Bonchev–Trinajstić information content (AvgIpc) is 3.03. The number of esters is 2. The van der Waals surface area contributed by atoms with Crippen LogP contribution in [0.3, 0.4) is 0 Å². The highest BCUT2D eigenvalue weighted by Crippen LogP contribution is 2.67. The van der Waals surface area contributed by atoms with Crippen molar-refractivity contribution in [1.29, 1.82) is 0 Å². The number of rotatable bonds is 4. The summed E-state index contributed by atoms with van der Waals surface area (Å²) in [5, 5.41) is 10.8. The van der Waals surface area contributed by atoms with Crippen molar-refractivity contribution in [1.82, 2.24) is 0 Å². The van der Waals surface area contributed by atoms with Crippen molar-refractivity contribution in [3.8, 4) is 0 Å². The molecule has 2 unspecified atom stereocenters. The Morgan fingerprint density at radius 3 is 2.33 bits per heavy atom. The molecule has 170 valence electrons. The summed E-state index contributed by atoms with van der Waals surface area (Å²) >= 11 is 0. The molecule has 0 aromatic rings. The van der Waals surface area contributed by atoms with E-state index in [-0.39, 0.29) is 36.0 Å². The molecular weight excluding hydrogens is 380 g/mol. The van der Waals surface area contributed by atoms with E-state index in [0.717, 1.165) is 37.5 Å². The number of fused-ring (bicyclic) bond motifs is 5. The topological polar surface area (TPSA) is 72.8 Å². The summed E-state index contributed by atoms with van der Waals surface area (Å²) in [6.45, 7) is 7.98. The minimum atomic E-state index is -0.549. The van der Waals surface area contributed by atoms with Gasteiger partial charge in [0.25, 0.3) is 0 Å². The standard InChI is InChI=1S/C25H40O5/c1-15(26)29-14-23(28)22-8-7-20-19-6-5-17-13-18(30-16(2)27)9-11-24(17,3)21(19)10-12-25(20,22)4/h17-23,28H,5-14H2,1-4H3/t17?,18-,19-,20-,21-,22+,23?,24-,25-/m0/s1. The molecule has 0 amide bonds. The molecule has 9 atom stereocenters. The van der Waals surface area contributed by atoms with Crippen molar-refractivity contribution >= 4 is 11.9 Å². The van der Waals surface area contributed by atoms with Gasteiger partial charge in [0.15, 0.2) is 0 Å². The number of aliphatic hydroxyl groups excluding tert-OH is 1. The van der Waals surface area contributed by atoms with Crippen LogP contribution in [-0.4, -0.2) is 35.9 Å². The summed E-state index contributed by atoms with van der Waals surface area (Å²) in [4.78, 5) is 22.6. The summed E-state index contributed by atoms with van der Waals surface area (Å²) < 4.78 is 10.7. The maximum absolute atomic E-state index is 11.4. The van der Waals surface area contributed by atoms with Gasteiger partial charge in [0.05, 0.1) is 6.10 Å². The normalized spacial score (nSPS) is 46.2. The Morgan fingerprint density at radius 2 is 1.63 bits per heavy atom. The number of aliphatic hydroxyl groups is 1. The second-order valence-electron chi connectivity index (χ2n) is 11.3. The first-order chi connectivity index (χ1) is 14.1. The molecule has 4 rings (SSSR count). The van der Waals surface area contributed by atoms with Crippen LogP contribution in [0.1, 0.15) is 85.5 Å². The van der Waals surface area contributed by atoms with Gasteiger partial charge in [0, 0.05) is 13.8 Å². The van der Waals surface area contributed by atoms with Crippen molar-refractivity contribution in [3.05, 3.63) is 0 Å². The molecule has 0 spiro atoms. The molecule has 0 heterocycles. The predicted molar refractivity (Wildman–Crippen MR) is 113 cm³/mol. The molecule has 4 saturated carbocycles. The molecule has 0 saturated heterocycles. The van der Waals surface area contributed by atoms with Crippen LogP contribution in [0.15, 0.2) is 0 Å². The van der Waals surface area contributed by atoms with E-state index in [1.165, 1.54) is 46.0 Å². The van der Waals surface area contributed by atoms with Crippen LogP contribution in [0.4, 0.5) is 0 Å². The zero-order chi connectivity index (χ0) is 21.7. The van der Waals surface area contributed by atoms with Gasteiger partial charge in [0.1, 0.15) is 12.7 Å². The third-order valence-corrected chi connectivity index (χ3v) is 9.95. The fraction of sp³-hybridized carbons (Fsp3) is 0.920. The minimum Gasteiger partial charge on any atom is -0.463 e. The fourth-order valence-electron chi connectivity index (χ4n) is 8.55. The summed E-state index contributed by atoms with van der Waals surface area (Å²) in [6.07, 6.45) is 9.90. The van der Waals surface area contributed by atoms with Gasteiger partial charge in [-0.05, 0) is 98.2 Å². The zero-order valence-electron chi connectivity index (χ0n) is 19.2. The quantitative estimate of drug-likeness (QED) is 0.678. The number of carbonyl (C=O) groups excluding carboxylic acids is 2. The van der Waals surface area contributed by atoms with E-state index in [0.29, 0.717) is 17.3 Å². The number of hydrogen-bond donors (Lipinski definition) is 1. The minimum absolute atomic E-state index is 0.110. The smallest absolute Gasteiger partial charge is 0.302 e. The third-order valence-electron chi connectivity index (χ3n) is 9.95. The number of ether oxygens (including phenoxy) is 2. The van der Waals surface area contributed by atoms with Gasteiger partial charge in [-0.1, -0.05) is 13.8 Å². The summed E-state index contributed by atoms with van der Waals surface area (Å²) in [6, 6.07) is 0. The summed E-state index contributed by atoms with van der Waals surface area (Å²) in [5.74, 6) is 2.58. The lowest BCUT2D eigenvalue weighted by Crippen LogP contribution is -2.54. The Kier molecular flexibility index (Phi) is 5.97. The second kappa shape index (κ2) is 8.11. The van der Waals surface area contributed by atoms with Gasteiger partial charge in [-0.15, -0.1) is 0 Å². The molecule has 4 aliphatic carbocycles. The molecule has 1 N–H and O–H groups in total. The Bertz CT molecular complexity index is 676. The van der Waals surface area contributed by atoms with Crippen molar-refractivity contribution in [3.63, 3.8) is 0 Å². The average molecular weight is 421 g/mol. The lowest BCUT2D eigenvalue weighted by Gasteiger charge is -2.61. The molecule has 5 heteroatoms. The van der Waals surface area contributed by atoms with E-state index in [4.69, 9.17) is 9.47 Å². The molecule has 0 aromatic carbocycles. The summed E-state index contributed by atoms with van der Waals surface area (Å²) in [7, 11) is 0. The molecule has 30 heavy (non-hydrogen) atoms. The Morgan fingerprint density at radius 1 is 0.933 bits per heavy atom. The predicted octanol–water partition coefficient (Wildman–Crippen LogP) is 4.50. The number of carbonyl (C=O) groups is 2. The Hall–Kier alpha value is -1.10. The largest absolute Gasteiger partial charge is 0.463 e. The van der Waals surface area contributed by atoms with Crippen molar-refractivity contribution in [2.45, 2.75) is 97.7 Å². The molecule has 0 aliphatic heterocycles. The molecular formula is C25H40O5. The Balaban J connectivity index is 1.47. The van der Waals surface area contributed by atoms with Crippen molar-refractivity contribution in [2.75, 3.05) is 6.61 Å². The highest BCUT2D eigenvalue weighted by atomic mass is 16.5. The molecule has 0 radical (unpaired) electrons. The van der Waals surface area contributed by atoms with Crippen LogP contribution in [-0.2, 0) is 19.1 Å². The first-order valence-corrected chi connectivity index (χ1v) is 12.1. The van der Waals surface area contributed by atoms with E-state index in [1.807, 2.05) is 0 Å². The van der Waals surface area contributed by atoms with Crippen LogP contribution < -0.4 is 0 Å². The maximum Gasteiger partial charge on any atom is 0.302 e. The van der Waals surface area contributed by atoms with Gasteiger partial charge in [-0.25, -0.2) is 0 Å². The fourth-order valence-corrected chi connectivity index (χ4v) is 8.55. The van der Waals surface area contributed by atoms with Crippen molar-refractivity contribution in [2.24, 2.45) is 40.4 Å². The van der Waals surface area contributed by atoms with Gasteiger partial charge in [-0.2, -0.15) is 0 Å². The van der Waals surface area contributed by atoms with E-state index in [2.05, 4.69) is 13.8 Å². The molecule has 0 bridgehead atoms. The summed E-state index contributed by atoms with van der Waals surface area (Å²) in [5.41, 5.74) is 0.508. The van der Waals surface area contributed by atoms with Crippen LogP contribution in [0, 0.1) is 40.4 Å². The van der Waals surface area contributed by atoms with Crippen LogP contribution in [0.5, 0.6) is 0 Å². The lowest BCUT2D eigenvalue weighted by atomic mass is 9.44.